The molecular formula is C92H90N2. The maximum atomic E-state index is 2.44. The van der Waals surface area contributed by atoms with E-state index in [1.165, 1.54) is 121 Å². The maximum Gasteiger partial charge on any atom is 0.0465 e. The van der Waals surface area contributed by atoms with E-state index in [1.54, 1.807) is 0 Å². The molecule has 2 aliphatic rings. The first-order valence-corrected chi connectivity index (χ1v) is 34.0. The van der Waals surface area contributed by atoms with Gasteiger partial charge < -0.3 is 9.80 Å². The summed E-state index contributed by atoms with van der Waals surface area (Å²) in [4.78, 5) is 4.85. The summed E-state index contributed by atoms with van der Waals surface area (Å²) in [6, 6.07) is 88.0. The maximum absolute atomic E-state index is 2.44. The Morgan fingerprint density at radius 3 is 0.755 bits per heavy atom. The molecule has 0 radical (unpaired) electrons. The molecule has 94 heavy (non-hydrogen) atoms. The second-order valence-electron chi connectivity index (χ2n) is 32.0. The second-order valence-corrected chi connectivity index (χ2v) is 32.0. The molecule has 0 aromatic heterocycles. The minimum atomic E-state index is -0.204. The Balaban J connectivity index is 0.722. The largest absolute Gasteiger partial charge is 0.310 e. The Hall–Kier alpha value is -9.50. The van der Waals surface area contributed by atoms with Gasteiger partial charge in [0.05, 0.1) is 0 Å². The third kappa shape index (κ3) is 11.2. The number of anilines is 6. The van der Waals surface area contributed by atoms with Gasteiger partial charge in [-0.15, -0.1) is 0 Å². The summed E-state index contributed by atoms with van der Waals surface area (Å²) in [6.07, 6.45) is 9.18. The number of nitrogens with zero attached hydrogens (tertiary/aromatic N) is 2. The van der Waals surface area contributed by atoms with Gasteiger partial charge in [-0.3, -0.25) is 0 Å². The Labute approximate surface area is 560 Å². The Morgan fingerprint density at radius 1 is 0.234 bits per heavy atom. The van der Waals surface area contributed by atoms with Crippen LogP contribution < -0.4 is 9.80 Å². The first-order valence-electron chi connectivity index (χ1n) is 34.0. The van der Waals surface area contributed by atoms with Crippen LogP contribution in [0.1, 0.15) is 178 Å². The Bertz CT molecular complexity index is 4540. The van der Waals surface area contributed by atoms with Gasteiger partial charge in [0.1, 0.15) is 0 Å². The van der Waals surface area contributed by atoms with Crippen LogP contribution in [0.25, 0.3) is 78.9 Å². The lowest BCUT2D eigenvalue weighted by atomic mass is 9.81. The summed E-state index contributed by atoms with van der Waals surface area (Å²) in [5, 5.41) is 7.61. The minimum Gasteiger partial charge on any atom is -0.310 e. The van der Waals surface area contributed by atoms with Crippen molar-refractivity contribution in [3.63, 3.8) is 0 Å². The van der Waals surface area contributed by atoms with Crippen LogP contribution in [0.2, 0.25) is 0 Å². The molecule has 0 saturated heterocycles. The second kappa shape index (κ2) is 22.6. The van der Waals surface area contributed by atoms with Crippen molar-refractivity contribution in [2.24, 2.45) is 0 Å². The van der Waals surface area contributed by atoms with Crippen LogP contribution in [0.3, 0.4) is 0 Å². The van der Waals surface area contributed by atoms with Crippen molar-refractivity contribution in [2.45, 2.75) is 143 Å². The van der Waals surface area contributed by atoms with E-state index in [-0.39, 0.29) is 32.5 Å². The average molecular weight is 1220 g/mol. The predicted octanol–water partition coefficient (Wildman–Crippen LogP) is 26.2. The molecule has 0 bridgehead atoms. The summed E-state index contributed by atoms with van der Waals surface area (Å²) >= 11 is 0. The zero-order valence-corrected chi connectivity index (χ0v) is 58.1. The first kappa shape index (κ1) is 62.0. The monoisotopic (exact) mass is 1220 g/mol. The van der Waals surface area contributed by atoms with Crippen LogP contribution in [-0.2, 0) is 32.5 Å². The molecule has 0 aliphatic heterocycles. The molecule has 2 nitrogen and oxygen atoms in total. The number of fused-ring (bicyclic) bond motifs is 12. The van der Waals surface area contributed by atoms with Gasteiger partial charge in [-0.1, -0.05) is 281 Å². The fourth-order valence-electron chi connectivity index (χ4n) is 14.9. The zero-order chi connectivity index (χ0) is 66.0. The van der Waals surface area contributed by atoms with E-state index in [0.717, 1.165) is 34.1 Å². The van der Waals surface area contributed by atoms with Crippen molar-refractivity contribution in [3.8, 4) is 22.3 Å². The van der Waals surface area contributed by atoms with Crippen LogP contribution >= 0.6 is 0 Å². The third-order valence-electron chi connectivity index (χ3n) is 20.7. The molecule has 0 heterocycles. The molecule has 0 unspecified atom stereocenters. The fourth-order valence-corrected chi connectivity index (χ4v) is 14.9. The van der Waals surface area contributed by atoms with Gasteiger partial charge in [0, 0.05) is 45.0 Å². The van der Waals surface area contributed by atoms with E-state index in [1.807, 2.05) is 0 Å². The molecule has 0 N–H and O–H groups in total. The van der Waals surface area contributed by atoms with E-state index in [2.05, 4.69) is 375 Å². The van der Waals surface area contributed by atoms with E-state index in [9.17, 15) is 0 Å². The molecule has 468 valence electrons. The third-order valence-corrected chi connectivity index (χ3v) is 20.7. The fraction of sp³-hybridized carbons (Fsp3) is 0.239. The van der Waals surface area contributed by atoms with Crippen LogP contribution in [0, 0.1) is 0 Å². The van der Waals surface area contributed by atoms with Crippen LogP contribution in [0.4, 0.5) is 34.1 Å². The number of benzene rings is 12. The molecule has 14 rings (SSSR count). The lowest BCUT2D eigenvalue weighted by Gasteiger charge is -2.29. The number of hydrogen-bond donors (Lipinski definition) is 0. The summed E-state index contributed by atoms with van der Waals surface area (Å²) in [5.74, 6) is 0. The summed E-state index contributed by atoms with van der Waals surface area (Å²) in [6.45, 7) is 37.0. The Kier molecular flexibility index (Phi) is 14.9. The van der Waals surface area contributed by atoms with Gasteiger partial charge in [0.15, 0.2) is 0 Å². The van der Waals surface area contributed by atoms with Crippen molar-refractivity contribution < 1.29 is 0 Å². The molecule has 0 fully saturated rings. The molecular weight excluding hydrogens is 1130 g/mol. The van der Waals surface area contributed by atoms with Crippen molar-refractivity contribution >= 4 is 90.7 Å². The van der Waals surface area contributed by atoms with Crippen molar-refractivity contribution in [1.82, 2.24) is 0 Å². The summed E-state index contributed by atoms with van der Waals surface area (Å²) < 4.78 is 0. The van der Waals surface area contributed by atoms with Crippen molar-refractivity contribution in [2.75, 3.05) is 9.80 Å². The minimum absolute atomic E-state index is 0.0705. The van der Waals surface area contributed by atoms with E-state index in [0.29, 0.717) is 0 Å². The quantitative estimate of drug-likeness (QED) is 0.0995. The number of rotatable bonds is 10. The van der Waals surface area contributed by atoms with Crippen LogP contribution in [0.5, 0.6) is 0 Å². The van der Waals surface area contributed by atoms with Gasteiger partial charge in [-0.2, -0.15) is 0 Å². The average Bonchev–Trinajstić information content (AvgIpc) is 1.46. The molecule has 0 atom stereocenters. The topological polar surface area (TPSA) is 6.48 Å². The highest BCUT2D eigenvalue weighted by molar-refractivity contribution is 6.26. The van der Waals surface area contributed by atoms with Gasteiger partial charge >= 0.3 is 0 Å². The predicted molar refractivity (Wildman–Crippen MR) is 409 cm³/mol. The molecule has 0 spiro atoms. The van der Waals surface area contributed by atoms with Crippen molar-refractivity contribution in [3.05, 3.63) is 297 Å². The van der Waals surface area contributed by atoms with Gasteiger partial charge in [0.2, 0.25) is 0 Å². The van der Waals surface area contributed by atoms with Crippen molar-refractivity contribution in [1.29, 1.82) is 0 Å². The highest BCUT2D eigenvalue weighted by Crippen LogP contribution is 2.54. The lowest BCUT2D eigenvalue weighted by molar-refractivity contribution is 0.590. The summed E-state index contributed by atoms with van der Waals surface area (Å²) in [7, 11) is 0. The molecule has 0 saturated carbocycles. The SMILES string of the molecule is CC(C)(C)c1ccc(N(c2ccc(C(C)(C)C)cc2)c2ccc3c(c2)C(C)(C)c2cc(/C=C/c4ccc5c6ccc(/C=C/c7ccc8c(c7)C(C)(C)c7cc(N(c9ccc(C(C)(C)C)cc9)c9ccc(C(C)(C)C)cc9)ccc7-8)cc6c6ccccc6c5c4)ccc2-3)cc1. The molecule has 12 aromatic rings. The smallest absolute Gasteiger partial charge is 0.0465 e. The lowest BCUT2D eigenvalue weighted by Crippen LogP contribution is -2.17. The van der Waals surface area contributed by atoms with E-state index in [4.69, 9.17) is 0 Å². The molecule has 2 heteroatoms. The number of hydrogen-bond acceptors (Lipinski definition) is 2. The van der Waals surface area contributed by atoms with Crippen LogP contribution in [-0.4, -0.2) is 0 Å². The molecule has 2 aliphatic carbocycles. The standard InChI is InChI=1S/C92H90N2/c1-87(2,3)63-29-37-67(38-30-63)93(68-39-31-64(32-40-68)88(4,5)6)71-45-51-79-77-49-27-61(55-83(77)91(13,14)85(79)57-71)23-21-59-25-47-75-76-48-26-60(54-82(76)74-20-18-17-19-73(74)81(75)53-59)22-24-62-28-50-78-80-52-46-72(58-86(80)92(15,16)84(78)56-62)94(69-41-33-65(34-42-69)89(7,8)9)70-43-35-66(36-44-70)90(10,11)12/h17-58H,1-16H3/b23-21+,24-22+. The van der Waals surface area contributed by atoms with Gasteiger partial charge in [-0.05, 0) is 228 Å². The normalized spacial score (nSPS) is 14.3. The van der Waals surface area contributed by atoms with Gasteiger partial charge in [0.25, 0.3) is 0 Å². The van der Waals surface area contributed by atoms with Crippen LogP contribution in [0.15, 0.2) is 231 Å². The first-order chi connectivity index (χ1) is 44.6. The van der Waals surface area contributed by atoms with Gasteiger partial charge in [-0.25, -0.2) is 0 Å². The highest BCUT2D eigenvalue weighted by Gasteiger charge is 2.38. The Morgan fingerprint density at radius 2 is 0.468 bits per heavy atom. The zero-order valence-electron chi connectivity index (χ0n) is 58.1. The van der Waals surface area contributed by atoms with E-state index >= 15 is 0 Å². The molecule has 12 aromatic carbocycles. The van der Waals surface area contributed by atoms with E-state index < -0.39 is 0 Å². The molecule has 0 amide bonds. The summed E-state index contributed by atoms with van der Waals surface area (Å²) in [5.41, 5.74) is 27.6. The highest BCUT2D eigenvalue weighted by atomic mass is 15.1.